The molecule has 1 atom stereocenters. The highest BCUT2D eigenvalue weighted by atomic mass is 32.1. The van der Waals surface area contributed by atoms with E-state index in [1.807, 2.05) is 31.3 Å². The highest BCUT2D eigenvalue weighted by molar-refractivity contribution is 7.13. The van der Waals surface area contributed by atoms with Crippen LogP contribution in [-0.4, -0.2) is 13.1 Å². The van der Waals surface area contributed by atoms with Crippen molar-refractivity contribution in [2.75, 3.05) is 13.1 Å². The molecule has 0 aliphatic carbocycles. The van der Waals surface area contributed by atoms with Crippen LogP contribution in [0.4, 0.5) is 0 Å². The summed E-state index contributed by atoms with van der Waals surface area (Å²) < 4.78 is 6.31. The zero-order valence-corrected chi connectivity index (χ0v) is 12.2. The van der Waals surface area contributed by atoms with Crippen LogP contribution < -0.4 is 10.1 Å². The molecule has 1 unspecified atom stereocenters. The Balaban J connectivity index is 0.000000528. The Morgan fingerprint density at radius 3 is 2.84 bits per heavy atom. The van der Waals surface area contributed by atoms with E-state index in [1.165, 1.54) is 16.0 Å². The minimum atomic E-state index is -0.121. The number of ether oxygens (including phenoxy) is 1. The minimum absolute atomic E-state index is 0.121. The second-order valence-corrected chi connectivity index (χ2v) is 5.60. The van der Waals surface area contributed by atoms with Crippen molar-refractivity contribution in [3.8, 4) is 16.2 Å². The van der Waals surface area contributed by atoms with Gasteiger partial charge in [0, 0.05) is 29.0 Å². The predicted octanol–water partition coefficient (Wildman–Crippen LogP) is 4.02. The van der Waals surface area contributed by atoms with E-state index in [-0.39, 0.29) is 5.60 Å². The van der Waals surface area contributed by atoms with E-state index in [0.29, 0.717) is 0 Å². The molecule has 1 aromatic heterocycles. The molecule has 2 aliphatic heterocycles. The average molecular weight is 273 g/mol. The number of hydrogen-bond donors (Lipinski definition) is 1. The highest BCUT2D eigenvalue weighted by Gasteiger charge is 2.43. The van der Waals surface area contributed by atoms with Crippen LogP contribution in [0, 0.1) is 0 Å². The number of rotatable bonds is 0. The molecule has 4 rings (SSSR count). The van der Waals surface area contributed by atoms with Gasteiger partial charge in [0.05, 0.1) is 0 Å². The van der Waals surface area contributed by atoms with Crippen molar-refractivity contribution in [2.24, 2.45) is 0 Å². The molecule has 1 fully saturated rings. The van der Waals surface area contributed by atoms with Gasteiger partial charge in [-0.3, -0.25) is 0 Å². The molecule has 1 aromatic carbocycles. The van der Waals surface area contributed by atoms with Crippen LogP contribution in [0.5, 0.6) is 5.75 Å². The standard InChI is InChI=1S/C14H13NOS.C2H6/c1-2-4-12-10(3-1)13-11(5-8-17-13)14(16-12)6-7-15-9-14;1-2/h1-5,8,15H,6-7,9H2;1-2H3. The maximum Gasteiger partial charge on any atom is 0.149 e. The molecule has 1 N–H and O–H groups in total. The molecule has 100 valence electrons. The maximum atomic E-state index is 6.31. The van der Waals surface area contributed by atoms with Crippen molar-refractivity contribution in [3.05, 3.63) is 41.3 Å². The van der Waals surface area contributed by atoms with Crippen molar-refractivity contribution in [1.82, 2.24) is 5.32 Å². The van der Waals surface area contributed by atoms with Gasteiger partial charge < -0.3 is 10.1 Å². The van der Waals surface area contributed by atoms with Crippen LogP contribution in [-0.2, 0) is 5.60 Å². The average Bonchev–Trinajstić information content (AvgIpc) is 3.11. The van der Waals surface area contributed by atoms with Crippen molar-refractivity contribution in [1.29, 1.82) is 0 Å². The summed E-state index contributed by atoms with van der Waals surface area (Å²) >= 11 is 1.82. The maximum absolute atomic E-state index is 6.31. The molecule has 0 bridgehead atoms. The molecule has 0 radical (unpaired) electrons. The van der Waals surface area contributed by atoms with Gasteiger partial charge >= 0.3 is 0 Å². The van der Waals surface area contributed by atoms with Gasteiger partial charge in [0.1, 0.15) is 11.4 Å². The van der Waals surface area contributed by atoms with Gasteiger partial charge in [-0.1, -0.05) is 26.0 Å². The second kappa shape index (κ2) is 4.99. The molecular formula is C16H19NOS. The summed E-state index contributed by atoms with van der Waals surface area (Å²) in [4.78, 5) is 1.38. The fourth-order valence-electron chi connectivity index (χ4n) is 2.87. The summed E-state index contributed by atoms with van der Waals surface area (Å²) in [6.07, 6.45) is 1.06. The van der Waals surface area contributed by atoms with Gasteiger partial charge in [0.15, 0.2) is 0 Å². The van der Waals surface area contributed by atoms with Crippen molar-refractivity contribution < 1.29 is 4.74 Å². The summed E-state index contributed by atoms with van der Waals surface area (Å²) in [6.45, 7) is 5.96. The van der Waals surface area contributed by atoms with Crippen molar-refractivity contribution in [2.45, 2.75) is 25.9 Å². The molecule has 2 nitrogen and oxygen atoms in total. The Morgan fingerprint density at radius 2 is 2.05 bits per heavy atom. The third-order valence-corrected chi connectivity index (χ3v) is 4.66. The number of thiophene rings is 1. The lowest BCUT2D eigenvalue weighted by Crippen LogP contribution is -2.37. The third kappa shape index (κ3) is 1.88. The van der Waals surface area contributed by atoms with E-state index in [4.69, 9.17) is 4.74 Å². The molecule has 1 spiro atoms. The smallest absolute Gasteiger partial charge is 0.149 e. The first-order chi connectivity index (χ1) is 9.39. The SMILES string of the molecule is CC.c1ccc2c(c1)OC1(CCNC1)c1ccsc1-2. The van der Waals surface area contributed by atoms with Gasteiger partial charge in [0.25, 0.3) is 0 Å². The van der Waals surface area contributed by atoms with E-state index in [9.17, 15) is 0 Å². The summed E-state index contributed by atoms with van der Waals surface area (Å²) in [5.74, 6) is 1.03. The van der Waals surface area contributed by atoms with E-state index in [2.05, 4.69) is 35.0 Å². The van der Waals surface area contributed by atoms with E-state index >= 15 is 0 Å². The number of hydrogen-bond acceptors (Lipinski definition) is 3. The monoisotopic (exact) mass is 273 g/mol. The van der Waals surface area contributed by atoms with Crippen molar-refractivity contribution in [3.63, 3.8) is 0 Å². The van der Waals surface area contributed by atoms with Crippen LogP contribution in [0.25, 0.3) is 10.4 Å². The van der Waals surface area contributed by atoms with Crippen molar-refractivity contribution >= 4 is 11.3 Å². The number of para-hydroxylation sites is 1. The lowest BCUT2D eigenvalue weighted by molar-refractivity contribution is 0.0861. The zero-order chi connectivity index (χ0) is 13.3. The van der Waals surface area contributed by atoms with Gasteiger partial charge in [0.2, 0.25) is 0 Å². The van der Waals surface area contributed by atoms with E-state index in [0.717, 1.165) is 25.3 Å². The lowest BCUT2D eigenvalue weighted by atomic mass is 9.88. The van der Waals surface area contributed by atoms with Gasteiger partial charge in [-0.15, -0.1) is 11.3 Å². The molecule has 3 heteroatoms. The quantitative estimate of drug-likeness (QED) is 0.782. The lowest BCUT2D eigenvalue weighted by Gasteiger charge is -2.35. The van der Waals surface area contributed by atoms with Crippen LogP contribution >= 0.6 is 11.3 Å². The largest absolute Gasteiger partial charge is 0.480 e. The fraction of sp³-hybridized carbons (Fsp3) is 0.375. The zero-order valence-electron chi connectivity index (χ0n) is 11.4. The first-order valence-electron chi connectivity index (χ1n) is 6.96. The first kappa shape index (κ1) is 12.7. The Hall–Kier alpha value is -1.32. The predicted molar refractivity (Wildman–Crippen MR) is 80.9 cm³/mol. The summed E-state index contributed by atoms with van der Waals surface area (Å²) in [5, 5.41) is 5.60. The van der Waals surface area contributed by atoms with Crippen LogP contribution in [0.15, 0.2) is 35.7 Å². The fourth-order valence-corrected chi connectivity index (χ4v) is 3.89. The Labute approximate surface area is 118 Å². The Kier molecular flexibility index (Phi) is 3.33. The van der Waals surface area contributed by atoms with Gasteiger partial charge in [-0.25, -0.2) is 0 Å². The summed E-state index contributed by atoms with van der Waals surface area (Å²) in [6, 6.07) is 10.6. The Morgan fingerprint density at radius 1 is 1.21 bits per heavy atom. The second-order valence-electron chi connectivity index (χ2n) is 4.68. The number of nitrogens with one attached hydrogen (secondary N) is 1. The molecule has 0 amide bonds. The van der Waals surface area contributed by atoms with Crippen LogP contribution in [0.2, 0.25) is 0 Å². The molecule has 2 aliphatic rings. The first-order valence-corrected chi connectivity index (χ1v) is 7.84. The van der Waals surface area contributed by atoms with E-state index < -0.39 is 0 Å². The topological polar surface area (TPSA) is 21.3 Å². The molecule has 2 aromatic rings. The normalized spacial score (nSPS) is 23.1. The van der Waals surface area contributed by atoms with Crippen LogP contribution in [0.1, 0.15) is 25.8 Å². The highest BCUT2D eigenvalue weighted by Crippen LogP contribution is 2.49. The Bertz CT molecular complexity index is 570. The third-order valence-electron chi connectivity index (χ3n) is 3.71. The van der Waals surface area contributed by atoms with Crippen LogP contribution in [0.3, 0.4) is 0 Å². The number of fused-ring (bicyclic) bond motifs is 4. The van der Waals surface area contributed by atoms with Gasteiger partial charge in [-0.2, -0.15) is 0 Å². The summed E-state index contributed by atoms with van der Waals surface area (Å²) in [7, 11) is 0. The molecular weight excluding hydrogens is 254 g/mol. The van der Waals surface area contributed by atoms with Gasteiger partial charge in [-0.05, 0) is 30.1 Å². The molecule has 3 heterocycles. The van der Waals surface area contributed by atoms with E-state index in [1.54, 1.807) is 0 Å². The summed E-state index contributed by atoms with van der Waals surface area (Å²) in [5.41, 5.74) is 2.49. The minimum Gasteiger partial charge on any atom is -0.480 e. The number of benzene rings is 1. The molecule has 19 heavy (non-hydrogen) atoms. The molecule has 1 saturated heterocycles. The molecule has 0 saturated carbocycles.